The Kier molecular flexibility index (Phi) is 8.26. The van der Waals surface area contributed by atoms with Crippen molar-refractivity contribution in [2.75, 3.05) is 6.54 Å². The van der Waals surface area contributed by atoms with Crippen LogP contribution in [0, 0.1) is 5.92 Å². The summed E-state index contributed by atoms with van der Waals surface area (Å²) in [6, 6.07) is 6.34. The highest BCUT2D eigenvalue weighted by Crippen LogP contribution is 2.12. The lowest BCUT2D eigenvalue weighted by Crippen LogP contribution is -2.29. The molecule has 0 aliphatic heterocycles. The van der Waals surface area contributed by atoms with Crippen LogP contribution in [0.4, 0.5) is 0 Å². The largest absolute Gasteiger partial charge is 0.356 e. The zero-order valence-electron chi connectivity index (χ0n) is 14.0. The fraction of sp³-hybridized carbons (Fsp3) is 0.588. The summed E-state index contributed by atoms with van der Waals surface area (Å²) in [4.78, 5) is 12.0. The average Bonchev–Trinajstić information content (AvgIpc) is 2.52. The van der Waals surface area contributed by atoms with E-state index in [9.17, 15) is 13.2 Å². The summed E-state index contributed by atoms with van der Waals surface area (Å²) in [7, 11) is -3.66. The normalized spacial score (nSPS) is 12.8. The van der Waals surface area contributed by atoms with Crippen molar-refractivity contribution < 1.29 is 13.2 Å². The first kappa shape index (κ1) is 19.6. The molecule has 1 aromatic rings. The number of amides is 1. The maximum atomic E-state index is 11.9. The van der Waals surface area contributed by atoms with Gasteiger partial charge in [0.05, 0.1) is 4.90 Å². The van der Waals surface area contributed by atoms with Crippen molar-refractivity contribution in [3.05, 3.63) is 29.8 Å². The number of carbonyl (C=O) groups is 1. The monoisotopic (exact) mass is 340 g/mol. The van der Waals surface area contributed by atoms with Crippen molar-refractivity contribution in [3.8, 4) is 0 Å². The molecule has 1 aromatic carbocycles. The van der Waals surface area contributed by atoms with Gasteiger partial charge < -0.3 is 5.32 Å². The van der Waals surface area contributed by atoms with Crippen molar-refractivity contribution in [3.63, 3.8) is 0 Å². The smallest absolute Gasteiger partial charge is 0.238 e. The van der Waals surface area contributed by atoms with Gasteiger partial charge >= 0.3 is 0 Å². The van der Waals surface area contributed by atoms with Crippen LogP contribution in [0.3, 0.4) is 0 Å². The lowest BCUT2D eigenvalue weighted by Gasteiger charge is -2.15. The summed E-state index contributed by atoms with van der Waals surface area (Å²) >= 11 is 0. The van der Waals surface area contributed by atoms with Crippen molar-refractivity contribution >= 4 is 15.9 Å². The van der Waals surface area contributed by atoms with Gasteiger partial charge in [-0.25, -0.2) is 13.6 Å². The van der Waals surface area contributed by atoms with Crippen LogP contribution < -0.4 is 10.5 Å². The van der Waals surface area contributed by atoms with Gasteiger partial charge in [-0.15, -0.1) is 0 Å². The highest BCUT2D eigenvalue weighted by Gasteiger charge is 2.10. The molecule has 3 N–H and O–H groups in total. The first-order chi connectivity index (χ1) is 10.9. The van der Waals surface area contributed by atoms with Crippen LogP contribution in [0.25, 0.3) is 0 Å². The molecular weight excluding hydrogens is 312 g/mol. The van der Waals surface area contributed by atoms with Crippen LogP contribution in [0.15, 0.2) is 29.2 Å². The maximum Gasteiger partial charge on any atom is 0.238 e. The maximum absolute atomic E-state index is 11.9. The Bertz CT molecular complexity index is 582. The van der Waals surface area contributed by atoms with E-state index in [-0.39, 0.29) is 10.8 Å². The molecule has 0 bridgehead atoms. The van der Waals surface area contributed by atoms with Gasteiger partial charge in [0.25, 0.3) is 0 Å². The molecule has 1 atom stereocenters. The predicted octanol–water partition coefficient (Wildman–Crippen LogP) is 2.60. The minimum absolute atomic E-state index is 0.0375. The molecule has 0 saturated heterocycles. The Hall–Kier alpha value is -1.40. The molecule has 23 heavy (non-hydrogen) atoms. The second kappa shape index (κ2) is 9.67. The Morgan fingerprint density at radius 1 is 1.22 bits per heavy atom. The van der Waals surface area contributed by atoms with Gasteiger partial charge in [0, 0.05) is 13.0 Å². The minimum atomic E-state index is -3.66. The molecule has 1 rings (SSSR count). The molecule has 0 saturated carbocycles. The molecule has 0 fully saturated rings. The third-order valence-electron chi connectivity index (χ3n) is 4.02. The fourth-order valence-electron chi connectivity index (χ4n) is 2.39. The SMILES string of the molecule is CCCCC(CC)CNC(=O)CCc1ccc(S(N)(=O)=O)cc1. The lowest BCUT2D eigenvalue weighted by atomic mass is 9.99. The predicted molar refractivity (Wildman–Crippen MR) is 92.5 cm³/mol. The van der Waals surface area contributed by atoms with Gasteiger partial charge in [0.15, 0.2) is 0 Å². The number of nitrogens with one attached hydrogen (secondary N) is 1. The number of unbranched alkanes of at least 4 members (excludes halogenated alkanes) is 1. The second-order valence-electron chi connectivity index (χ2n) is 5.91. The van der Waals surface area contributed by atoms with Gasteiger partial charge in [-0.2, -0.15) is 0 Å². The zero-order valence-corrected chi connectivity index (χ0v) is 14.9. The number of rotatable bonds is 10. The first-order valence-corrected chi connectivity index (χ1v) is 9.79. The highest BCUT2D eigenvalue weighted by atomic mass is 32.2. The third-order valence-corrected chi connectivity index (χ3v) is 4.95. The molecule has 0 aromatic heterocycles. The molecular formula is C17H28N2O3S. The molecule has 130 valence electrons. The van der Waals surface area contributed by atoms with Crippen LogP contribution in [-0.4, -0.2) is 20.9 Å². The Morgan fingerprint density at radius 2 is 1.87 bits per heavy atom. The average molecular weight is 340 g/mol. The van der Waals surface area contributed by atoms with Crippen LogP contribution in [0.2, 0.25) is 0 Å². The van der Waals surface area contributed by atoms with Gasteiger partial charge in [-0.05, 0) is 36.5 Å². The number of benzene rings is 1. The number of aryl methyl sites for hydroxylation is 1. The van der Waals surface area contributed by atoms with E-state index < -0.39 is 10.0 Å². The Morgan fingerprint density at radius 3 is 2.39 bits per heavy atom. The van der Waals surface area contributed by atoms with E-state index in [1.807, 2.05) is 0 Å². The summed E-state index contributed by atoms with van der Waals surface area (Å²) in [5.41, 5.74) is 0.922. The number of nitrogens with two attached hydrogens (primary N) is 1. The molecule has 0 heterocycles. The van der Waals surface area contributed by atoms with E-state index in [0.717, 1.165) is 24.9 Å². The highest BCUT2D eigenvalue weighted by molar-refractivity contribution is 7.89. The van der Waals surface area contributed by atoms with Crippen molar-refractivity contribution in [1.29, 1.82) is 0 Å². The van der Waals surface area contributed by atoms with Crippen LogP contribution in [0.5, 0.6) is 0 Å². The summed E-state index contributed by atoms with van der Waals surface area (Å²) < 4.78 is 22.4. The molecule has 1 unspecified atom stereocenters. The Labute approximate surface area is 139 Å². The van der Waals surface area contributed by atoms with E-state index >= 15 is 0 Å². The van der Waals surface area contributed by atoms with Crippen molar-refractivity contribution in [1.82, 2.24) is 5.32 Å². The zero-order chi connectivity index (χ0) is 17.3. The third kappa shape index (κ3) is 7.61. The molecule has 0 aliphatic carbocycles. The Balaban J connectivity index is 2.38. The van der Waals surface area contributed by atoms with Gasteiger partial charge in [-0.1, -0.05) is 45.2 Å². The number of hydrogen-bond acceptors (Lipinski definition) is 3. The quantitative estimate of drug-likeness (QED) is 0.686. The second-order valence-corrected chi connectivity index (χ2v) is 7.47. The van der Waals surface area contributed by atoms with Crippen molar-refractivity contribution in [2.45, 2.75) is 57.3 Å². The molecule has 0 spiro atoms. The van der Waals surface area contributed by atoms with E-state index in [1.165, 1.54) is 25.0 Å². The molecule has 5 nitrogen and oxygen atoms in total. The van der Waals surface area contributed by atoms with Gasteiger partial charge in [0.2, 0.25) is 15.9 Å². The van der Waals surface area contributed by atoms with E-state index in [1.54, 1.807) is 12.1 Å². The summed E-state index contributed by atoms with van der Waals surface area (Å²) in [5, 5.41) is 8.05. The summed E-state index contributed by atoms with van der Waals surface area (Å²) in [5.74, 6) is 0.586. The number of hydrogen-bond donors (Lipinski definition) is 2. The van der Waals surface area contributed by atoms with E-state index in [4.69, 9.17) is 5.14 Å². The number of primary sulfonamides is 1. The van der Waals surface area contributed by atoms with Crippen LogP contribution in [0.1, 0.15) is 51.5 Å². The van der Waals surface area contributed by atoms with E-state index in [2.05, 4.69) is 19.2 Å². The first-order valence-electron chi connectivity index (χ1n) is 8.25. The molecule has 6 heteroatoms. The molecule has 0 aliphatic rings. The van der Waals surface area contributed by atoms with E-state index in [0.29, 0.717) is 18.8 Å². The lowest BCUT2D eigenvalue weighted by molar-refractivity contribution is -0.121. The standard InChI is InChI=1S/C17H28N2O3S/c1-3-5-6-14(4-2)13-19-17(20)12-9-15-7-10-16(11-8-15)23(18,21)22/h7-8,10-11,14H,3-6,9,12-13H2,1-2H3,(H,19,20)(H2,18,21,22). The van der Waals surface area contributed by atoms with Gasteiger partial charge in [0.1, 0.15) is 0 Å². The van der Waals surface area contributed by atoms with Gasteiger partial charge in [-0.3, -0.25) is 4.79 Å². The van der Waals surface area contributed by atoms with Crippen LogP contribution >= 0.6 is 0 Å². The number of sulfonamides is 1. The minimum Gasteiger partial charge on any atom is -0.356 e. The van der Waals surface area contributed by atoms with Crippen molar-refractivity contribution in [2.24, 2.45) is 11.1 Å². The number of carbonyl (C=O) groups excluding carboxylic acids is 1. The topological polar surface area (TPSA) is 89.3 Å². The van der Waals surface area contributed by atoms with Crippen LogP contribution in [-0.2, 0) is 21.2 Å². The molecule has 0 radical (unpaired) electrons. The fourth-order valence-corrected chi connectivity index (χ4v) is 2.91. The summed E-state index contributed by atoms with van der Waals surface area (Å²) in [6.45, 7) is 5.06. The summed E-state index contributed by atoms with van der Waals surface area (Å²) in [6.07, 6.45) is 5.60. The molecule has 1 amide bonds.